The molecule has 1 aromatic heterocycles. The highest BCUT2D eigenvalue weighted by Gasteiger charge is 2.33. The van der Waals surface area contributed by atoms with Gasteiger partial charge in [0.25, 0.3) is 5.91 Å². The van der Waals surface area contributed by atoms with E-state index in [0.29, 0.717) is 29.4 Å². The van der Waals surface area contributed by atoms with Crippen molar-refractivity contribution in [2.75, 3.05) is 30.4 Å². The molecular weight excluding hydrogens is 336 g/mol. The van der Waals surface area contributed by atoms with E-state index in [9.17, 15) is 9.59 Å². The third kappa shape index (κ3) is 2.87. The van der Waals surface area contributed by atoms with Crippen LogP contribution in [0.1, 0.15) is 30.3 Å². The number of benzene rings is 1. The number of rotatable bonds is 2. The molecule has 1 saturated heterocycles. The first-order valence-electron chi connectivity index (χ1n) is 8.57. The summed E-state index contributed by atoms with van der Waals surface area (Å²) >= 11 is 0. The Hall–Kier alpha value is -3.03. The number of carbonyl (C=O) groups excluding carboxylic acids is 2. The number of likely N-dealkylation sites (tertiary alicyclic amines) is 1. The van der Waals surface area contributed by atoms with Gasteiger partial charge in [0, 0.05) is 25.3 Å². The third-order valence-electron chi connectivity index (χ3n) is 4.79. The molecule has 3 heterocycles. The molecular formula is C18H20N4O4. The van der Waals surface area contributed by atoms with E-state index < -0.39 is 0 Å². The maximum Gasteiger partial charge on any atom is 0.322 e. The quantitative estimate of drug-likeness (QED) is 0.894. The molecule has 0 radical (unpaired) electrons. The molecule has 0 bridgehead atoms. The van der Waals surface area contributed by atoms with Gasteiger partial charge in [0.2, 0.25) is 0 Å². The van der Waals surface area contributed by atoms with E-state index in [0.717, 1.165) is 18.5 Å². The number of aryl methyl sites for hydroxylation is 1. The third-order valence-corrected chi connectivity index (χ3v) is 4.79. The van der Waals surface area contributed by atoms with E-state index >= 15 is 0 Å². The van der Waals surface area contributed by atoms with Gasteiger partial charge in [0.1, 0.15) is 5.75 Å². The number of anilines is 2. The molecule has 1 aromatic carbocycles. The predicted octanol–water partition coefficient (Wildman–Crippen LogP) is 2.71. The highest BCUT2D eigenvalue weighted by Crippen LogP contribution is 2.35. The van der Waals surface area contributed by atoms with Crippen LogP contribution in [0.15, 0.2) is 28.8 Å². The van der Waals surface area contributed by atoms with Crippen LogP contribution in [0.4, 0.5) is 16.2 Å². The fraction of sp³-hybridized carbons (Fsp3) is 0.389. The summed E-state index contributed by atoms with van der Waals surface area (Å²) in [5, 5.41) is 6.83. The van der Waals surface area contributed by atoms with Crippen molar-refractivity contribution < 1.29 is 18.8 Å². The topological polar surface area (TPSA) is 87.9 Å². The Bertz CT molecular complexity index is 863. The second-order valence-electron chi connectivity index (χ2n) is 6.58. The molecule has 26 heavy (non-hydrogen) atoms. The van der Waals surface area contributed by atoms with Crippen molar-refractivity contribution in [3.05, 3.63) is 35.7 Å². The first-order chi connectivity index (χ1) is 12.5. The summed E-state index contributed by atoms with van der Waals surface area (Å²) in [6, 6.07) is 6.83. The molecule has 0 saturated carbocycles. The monoisotopic (exact) mass is 356 g/mol. The van der Waals surface area contributed by atoms with Crippen LogP contribution in [0, 0.1) is 6.92 Å². The van der Waals surface area contributed by atoms with Gasteiger partial charge in [-0.2, -0.15) is 0 Å². The van der Waals surface area contributed by atoms with Gasteiger partial charge in [-0.05, 0) is 38.0 Å². The number of fused-ring (bicyclic) bond motifs is 1. The minimum Gasteiger partial charge on any atom is -0.482 e. The zero-order chi connectivity index (χ0) is 18.3. The standard InChI is InChI=1S/C18H20N4O4/c1-11-8-16(26-20-11)13-4-3-7-22(13)18(24)19-12-5-6-15-14(9-12)21(2)17(23)10-25-15/h5-6,8-9,13H,3-4,7,10H2,1-2H3,(H,19,24). The van der Waals surface area contributed by atoms with Crippen LogP contribution in [-0.2, 0) is 4.79 Å². The lowest BCUT2D eigenvalue weighted by molar-refractivity contribution is -0.120. The number of hydrogen-bond acceptors (Lipinski definition) is 5. The molecule has 2 aliphatic rings. The Balaban J connectivity index is 1.52. The van der Waals surface area contributed by atoms with E-state index in [4.69, 9.17) is 9.26 Å². The van der Waals surface area contributed by atoms with E-state index in [-0.39, 0.29) is 24.6 Å². The summed E-state index contributed by atoms with van der Waals surface area (Å²) in [6.07, 6.45) is 1.75. The van der Waals surface area contributed by atoms with Crippen molar-refractivity contribution in [1.82, 2.24) is 10.1 Å². The van der Waals surface area contributed by atoms with Crippen molar-refractivity contribution in [3.63, 3.8) is 0 Å². The van der Waals surface area contributed by atoms with Gasteiger partial charge in [-0.3, -0.25) is 4.79 Å². The van der Waals surface area contributed by atoms with Crippen molar-refractivity contribution >= 4 is 23.3 Å². The smallest absolute Gasteiger partial charge is 0.322 e. The molecule has 1 unspecified atom stereocenters. The van der Waals surface area contributed by atoms with Crippen molar-refractivity contribution in [3.8, 4) is 5.75 Å². The van der Waals surface area contributed by atoms with Gasteiger partial charge in [0.15, 0.2) is 12.4 Å². The number of carbonyl (C=O) groups is 2. The van der Waals surface area contributed by atoms with Crippen molar-refractivity contribution in [2.45, 2.75) is 25.8 Å². The first kappa shape index (κ1) is 16.4. The summed E-state index contributed by atoms with van der Waals surface area (Å²) in [5.41, 5.74) is 2.05. The molecule has 1 atom stereocenters. The van der Waals surface area contributed by atoms with Gasteiger partial charge in [-0.25, -0.2) is 4.79 Å². The summed E-state index contributed by atoms with van der Waals surface area (Å²) in [6.45, 7) is 2.54. The molecule has 1 fully saturated rings. The van der Waals surface area contributed by atoms with E-state index in [2.05, 4.69) is 10.5 Å². The number of hydrogen-bond donors (Lipinski definition) is 1. The molecule has 2 aromatic rings. The van der Waals surface area contributed by atoms with Crippen LogP contribution in [0.2, 0.25) is 0 Å². The molecule has 136 valence electrons. The Morgan fingerprint density at radius 1 is 1.35 bits per heavy atom. The van der Waals surface area contributed by atoms with Gasteiger partial charge in [-0.15, -0.1) is 0 Å². The second-order valence-corrected chi connectivity index (χ2v) is 6.58. The predicted molar refractivity (Wildman–Crippen MR) is 94.3 cm³/mol. The van der Waals surface area contributed by atoms with Crippen LogP contribution in [0.5, 0.6) is 5.75 Å². The summed E-state index contributed by atoms with van der Waals surface area (Å²) in [7, 11) is 1.69. The van der Waals surface area contributed by atoms with Gasteiger partial charge in [0.05, 0.1) is 17.4 Å². The van der Waals surface area contributed by atoms with E-state index in [1.807, 2.05) is 13.0 Å². The van der Waals surface area contributed by atoms with Gasteiger partial charge >= 0.3 is 6.03 Å². The number of likely N-dealkylation sites (N-methyl/N-ethyl adjacent to an activating group) is 1. The van der Waals surface area contributed by atoms with Crippen LogP contribution in [0.25, 0.3) is 0 Å². The number of nitrogens with one attached hydrogen (secondary N) is 1. The maximum absolute atomic E-state index is 12.8. The lowest BCUT2D eigenvalue weighted by Gasteiger charge is -2.27. The minimum atomic E-state index is -0.202. The fourth-order valence-corrected chi connectivity index (χ4v) is 3.39. The van der Waals surface area contributed by atoms with Crippen molar-refractivity contribution in [1.29, 1.82) is 0 Å². The second kappa shape index (κ2) is 6.36. The van der Waals surface area contributed by atoms with E-state index in [1.165, 1.54) is 4.90 Å². The minimum absolute atomic E-state index is 0.0290. The maximum atomic E-state index is 12.8. The number of ether oxygens (including phenoxy) is 1. The molecule has 0 aliphatic carbocycles. The summed E-state index contributed by atoms with van der Waals surface area (Å²) < 4.78 is 10.8. The Labute approximate surface area is 150 Å². The van der Waals surface area contributed by atoms with Crippen LogP contribution in [-0.4, -0.2) is 42.2 Å². The first-order valence-corrected chi connectivity index (χ1v) is 8.57. The summed E-state index contributed by atoms with van der Waals surface area (Å²) in [5.74, 6) is 1.21. The fourth-order valence-electron chi connectivity index (χ4n) is 3.39. The van der Waals surface area contributed by atoms with Crippen LogP contribution >= 0.6 is 0 Å². The van der Waals surface area contributed by atoms with Crippen molar-refractivity contribution in [2.24, 2.45) is 0 Å². The lowest BCUT2D eigenvalue weighted by Crippen LogP contribution is -2.36. The van der Waals surface area contributed by atoms with Crippen LogP contribution in [0.3, 0.4) is 0 Å². The largest absolute Gasteiger partial charge is 0.482 e. The highest BCUT2D eigenvalue weighted by atomic mass is 16.5. The van der Waals surface area contributed by atoms with Gasteiger partial charge < -0.3 is 24.4 Å². The number of amides is 3. The molecule has 0 spiro atoms. The SMILES string of the molecule is Cc1cc(C2CCCN2C(=O)Nc2ccc3c(c2)N(C)C(=O)CO3)on1. The molecule has 8 heteroatoms. The molecule has 3 amide bonds. The number of nitrogens with zero attached hydrogens (tertiary/aromatic N) is 3. The zero-order valence-electron chi connectivity index (χ0n) is 14.7. The molecule has 2 aliphatic heterocycles. The summed E-state index contributed by atoms with van der Waals surface area (Å²) in [4.78, 5) is 27.8. The normalized spacial score (nSPS) is 19.3. The number of aromatic nitrogens is 1. The van der Waals surface area contributed by atoms with E-state index in [1.54, 1.807) is 30.1 Å². The van der Waals surface area contributed by atoms with Crippen LogP contribution < -0.4 is 15.0 Å². The Morgan fingerprint density at radius 2 is 2.19 bits per heavy atom. The average Bonchev–Trinajstić information content (AvgIpc) is 3.27. The molecule has 8 nitrogen and oxygen atoms in total. The van der Waals surface area contributed by atoms with Gasteiger partial charge in [-0.1, -0.05) is 5.16 Å². The zero-order valence-corrected chi connectivity index (χ0v) is 14.7. The molecule has 1 N–H and O–H groups in total. The highest BCUT2D eigenvalue weighted by molar-refractivity contribution is 5.99. The Morgan fingerprint density at radius 3 is 2.96 bits per heavy atom. The number of urea groups is 1. The molecule has 4 rings (SSSR count). The average molecular weight is 356 g/mol. The lowest BCUT2D eigenvalue weighted by atomic mass is 10.1. The Kier molecular flexibility index (Phi) is 4.02.